The van der Waals surface area contributed by atoms with E-state index in [2.05, 4.69) is 15.9 Å². The molecule has 3 unspecified atom stereocenters. The van der Waals surface area contributed by atoms with Crippen LogP contribution in [0.1, 0.15) is 86.7 Å². The highest BCUT2D eigenvalue weighted by atomic mass is 79.9. The highest BCUT2D eigenvalue weighted by Gasteiger charge is 2.55. The van der Waals surface area contributed by atoms with Crippen molar-refractivity contribution in [3.05, 3.63) is 35.4 Å². The molecular weight excluding hydrogens is 406 g/mol. The largest absolute Gasteiger partial charge is 0.478 e. The van der Waals surface area contributed by atoms with Crippen LogP contribution in [0.5, 0.6) is 0 Å². The lowest BCUT2D eigenvalue weighted by atomic mass is 9.53. The Bertz CT molecular complexity index is 643. The molecule has 4 aliphatic rings. The third-order valence-corrected chi connectivity index (χ3v) is 7.34. The van der Waals surface area contributed by atoms with Gasteiger partial charge in [0.05, 0.1) is 11.7 Å². The van der Waals surface area contributed by atoms with Crippen LogP contribution in [0.2, 0.25) is 0 Å². The van der Waals surface area contributed by atoms with Crippen LogP contribution in [0.15, 0.2) is 24.3 Å². The van der Waals surface area contributed by atoms with Gasteiger partial charge in [0, 0.05) is 9.86 Å². The minimum atomic E-state index is -0.985. The maximum Gasteiger partial charge on any atom is 0.336 e. The zero-order chi connectivity index (χ0) is 19.7. The number of alkyl halides is 1. The fraction of sp³-hybridized carbons (Fsp3) is 0.682. The van der Waals surface area contributed by atoms with Crippen molar-refractivity contribution in [2.24, 2.45) is 17.6 Å². The predicted octanol–water partition coefficient (Wildman–Crippen LogP) is 5.04. The number of rotatable bonds is 5. The zero-order valence-corrected chi connectivity index (χ0v) is 17.7. The Hall–Kier alpha value is -0.910. The van der Waals surface area contributed by atoms with Crippen LogP contribution in [0.3, 0.4) is 0 Å². The van der Waals surface area contributed by atoms with Gasteiger partial charge in [0.1, 0.15) is 0 Å². The number of unbranched alkanes of at least 4 members (excludes halogenated alkanes) is 1. The molecule has 0 saturated heterocycles. The maximum atomic E-state index is 10.9. The van der Waals surface area contributed by atoms with Gasteiger partial charge in [0.15, 0.2) is 0 Å². The van der Waals surface area contributed by atoms with E-state index in [0.717, 1.165) is 24.7 Å². The van der Waals surface area contributed by atoms with Crippen LogP contribution >= 0.6 is 15.9 Å². The van der Waals surface area contributed by atoms with Gasteiger partial charge in [-0.3, -0.25) is 0 Å². The van der Waals surface area contributed by atoms with Gasteiger partial charge in [-0.1, -0.05) is 53.9 Å². The molecule has 4 saturated carbocycles. The van der Waals surface area contributed by atoms with E-state index in [1.165, 1.54) is 44.6 Å². The fourth-order valence-corrected chi connectivity index (χ4v) is 7.23. The predicted molar refractivity (Wildman–Crippen MR) is 111 cm³/mol. The number of carboxylic acid groups (broad SMARTS) is 1. The smallest absolute Gasteiger partial charge is 0.336 e. The van der Waals surface area contributed by atoms with Crippen molar-refractivity contribution in [1.29, 1.82) is 0 Å². The molecule has 4 bridgehead atoms. The van der Waals surface area contributed by atoms with Gasteiger partial charge in [-0.2, -0.15) is 0 Å². The molecule has 27 heavy (non-hydrogen) atoms. The molecule has 1 aromatic rings. The lowest BCUT2D eigenvalue weighted by molar-refractivity contribution is 0.0205. The highest BCUT2D eigenvalue weighted by molar-refractivity contribution is 9.10. The first-order chi connectivity index (χ1) is 12.7. The minimum Gasteiger partial charge on any atom is -0.478 e. The molecule has 1 aromatic carbocycles. The monoisotopic (exact) mass is 437 g/mol. The number of halogens is 1. The van der Waals surface area contributed by atoms with Gasteiger partial charge in [-0.05, 0) is 68.4 Å². The Morgan fingerprint density at radius 2 is 1.89 bits per heavy atom. The van der Waals surface area contributed by atoms with E-state index >= 15 is 0 Å². The number of aliphatic hydroxyl groups excluding tert-OH is 1. The van der Waals surface area contributed by atoms with Crippen molar-refractivity contribution >= 4 is 21.9 Å². The van der Waals surface area contributed by atoms with E-state index in [0.29, 0.717) is 16.3 Å². The van der Waals surface area contributed by atoms with Crippen molar-refractivity contribution in [3.8, 4) is 0 Å². The summed E-state index contributed by atoms with van der Waals surface area (Å²) in [5.74, 6) is 0.896. The molecule has 5 rings (SSSR count). The van der Waals surface area contributed by atoms with E-state index in [9.17, 15) is 9.90 Å². The molecule has 0 aromatic heterocycles. The van der Waals surface area contributed by atoms with Crippen molar-refractivity contribution in [2.45, 2.75) is 80.7 Å². The normalized spacial score (nSPS) is 34.7. The number of carbonyl (C=O) groups is 1. The molecule has 5 heteroatoms. The lowest BCUT2D eigenvalue weighted by Crippen LogP contribution is -2.60. The molecule has 4 nitrogen and oxygen atoms in total. The summed E-state index contributed by atoms with van der Waals surface area (Å²) < 4.78 is 0.450. The number of nitrogens with two attached hydrogens (primary N) is 1. The van der Waals surface area contributed by atoms with Gasteiger partial charge in [-0.15, -0.1) is 0 Å². The molecule has 0 amide bonds. The zero-order valence-electron chi connectivity index (χ0n) is 16.2. The molecule has 0 spiro atoms. The Kier molecular flexibility index (Phi) is 6.34. The molecule has 4 N–H and O–H groups in total. The summed E-state index contributed by atoms with van der Waals surface area (Å²) in [5, 5.41) is 18.7. The number of benzene rings is 1. The van der Waals surface area contributed by atoms with Gasteiger partial charge in [0.25, 0.3) is 0 Å². The Labute approximate surface area is 170 Å². The average molecular weight is 438 g/mol. The topological polar surface area (TPSA) is 83.5 Å². The summed E-state index contributed by atoms with van der Waals surface area (Å²) in [7, 11) is 0. The van der Waals surface area contributed by atoms with E-state index in [1.807, 2.05) is 6.92 Å². The van der Waals surface area contributed by atoms with Crippen LogP contribution in [-0.4, -0.2) is 26.0 Å². The van der Waals surface area contributed by atoms with Gasteiger partial charge in [0.2, 0.25) is 0 Å². The van der Waals surface area contributed by atoms with Crippen molar-refractivity contribution in [1.82, 2.24) is 0 Å². The summed E-state index contributed by atoms with van der Waals surface area (Å²) in [5.41, 5.74) is 7.30. The third kappa shape index (κ3) is 4.93. The molecule has 4 fully saturated rings. The second kappa shape index (κ2) is 8.22. The number of aliphatic hydroxyl groups is 1. The van der Waals surface area contributed by atoms with Crippen LogP contribution < -0.4 is 5.73 Å². The highest BCUT2D eigenvalue weighted by Crippen LogP contribution is 2.59. The minimum absolute atomic E-state index is 0.195. The summed E-state index contributed by atoms with van der Waals surface area (Å²) in [6, 6.07) is 6.60. The second-order valence-corrected chi connectivity index (χ2v) is 10.7. The van der Waals surface area contributed by atoms with Gasteiger partial charge < -0.3 is 15.9 Å². The number of hydrogen-bond acceptors (Lipinski definition) is 3. The average Bonchev–Trinajstić information content (AvgIpc) is 2.57. The third-order valence-electron chi connectivity index (χ3n) is 6.42. The summed E-state index contributed by atoms with van der Waals surface area (Å²) in [6.07, 6.45) is 9.91. The number of aromatic carboxylic acids is 1. The molecule has 4 aliphatic carbocycles. The van der Waals surface area contributed by atoms with Gasteiger partial charge in [-0.25, -0.2) is 4.79 Å². The quantitative estimate of drug-likeness (QED) is 0.563. The SMILES string of the molecule is CCCCC(O)c1ccccc1C(=O)O.NC12CC3CC(C1)CC(Br)(C3)C2. The maximum absolute atomic E-state index is 10.9. The molecule has 3 atom stereocenters. The summed E-state index contributed by atoms with van der Waals surface area (Å²) in [6.45, 7) is 2.04. The van der Waals surface area contributed by atoms with Crippen LogP contribution in [0.25, 0.3) is 0 Å². The first kappa shape index (κ1) is 20.8. The van der Waals surface area contributed by atoms with E-state index in [-0.39, 0.29) is 11.1 Å². The van der Waals surface area contributed by atoms with Crippen molar-refractivity contribution in [3.63, 3.8) is 0 Å². The molecule has 0 aliphatic heterocycles. The van der Waals surface area contributed by atoms with E-state index in [4.69, 9.17) is 10.8 Å². The summed E-state index contributed by atoms with van der Waals surface area (Å²) >= 11 is 3.91. The van der Waals surface area contributed by atoms with Crippen LogP contribution in [0, 0.1) is 11.8 Å². The Balaban J connectivity index is 0.000000158. The van der Waals surface area contributed by atoms with E-state index in [1.54, 1.807) is 18.2 Å². The van der Waals surface area contributed by atoms with Gasteiger partial charge >= 0.3 is 5.97 Å². The van der Waals surface area contributed by atoms with E-state index < -0.39 is 12.1 Å². The molecular formula is C22H32BrNO3. The van der Waals surface area contributed by atoms with Crippen LogP contribution in [0.4, 0.5) is 0 Å². The van der Waals surface area contributed by atoms with Crippen molar-refractivity contribution < 1.29 is 15.0 Å². The van der Waals surface area contributed by atoms with Crippen molar-refractivity contribution in [2.75, 3.05) is 0 Å². The molecule has 150 valence electrons. The lowest BCUT2D eigenvalue weighted by Gasteiger charge is -2.59. The standard InChI is InChI=1S/C12H16O3.C10H16BrN/c1-2-3-8-11(13)9-6-4-5-7-10(9)12(14)15;11-9-2-7-1-8(3-9)5-10(12,4-7)6-9/h4-7,11,13H,2-3,8H2,1H3,(H,14,15);7-8H,1-6,12H2. The summed E-state index contributed by atoms with van der Waals surface area (Å²) in [4.78, 5) is 10.9. The number of carboxylic acids is 1. The molecule has 0 heterocycles. The number of hydrogen-bond donors (Lipinski definition) is 3. The Morgan fingerprint density at radius 3 is 2.41 bits per heavy atom. The molecule has 0 radical (unpaired) electrons. The van der Waals surface area contributed by atoms with Crippen LogP contribution in [-0.2, 0) is 0 Å². The second-order valence-electron chi connectivity index (χ2n) is 9.02. The Morgan fingerprint density at radius 1 is 1.26 bits per heavy atom. The first-order valence-electron chi connectivity index (χ1n) is 10.2. The fourth-order valence-electron chi connectivity index (χ4n) is 5.76. The first-order valence-corrected chi connectivity index (χ1v) is 11.0.